The molecule has 0 amide bonds. The number of rotatable bonds is 2. The maximum absolute atomic E-state index is 4.47. The summed E-state index contributed by atoms with van der Waals surface area (Å²) >= 11 is 0. The molecule has 4 rings (SSSR count). The Labute approximate surface area is 135 Å². The molecule has 5 nitrogen and oxygen atoms in total. The summed E-state index contributed by atoms with van der Waals surface area (Å²) < 4.78 is 0. The van der Waals surface area contributed by atoms with Crippen LogP contribution in [0.15, 0.2) is 48.7 Å². The molecule has 5 heteroatoms. The molecule has 0 saturated carbocycles. The third-order valence-electron chi connectivity index (χ3n) is 4.40. The van der Waals surface area contributed by atoms with Crippen LogP contribution in [0.4, 0.5) is 11.6 Å². The summed E-state index contributed by atoms with van der Waals surface area (Å²) in [7, 11) is 0. The van der Waals surface area contributed by atoms with E-state index >= 15 is 0 Å². The highest BCUT2D eigenvalue weighted by Crippen LogP contribution is 2.26. The van der Waals surface area contributed by atoms with Gasteiger partial charge < -0.3 is 9.80 Å². The molecule has 0 N–H and O–H groups in total. The van der Waals surface area contributed by atoms with Crippen molar-refractivity contribution in [3.8, 4) is 0 Å². The number of hydrogen-bond donors (Lipinski definition) is 0. The van der Waals surface area contributed by atoms with Crippen molar-refractivity contribution in [2.45, 2.75) is 6.92 Å². The Kier molecular flexibility index (Phi) is 3.54. The summed E-state index contributed by atoms with van der Waals surface area (Å²) in [6, 6.07) is 14.4. The molecule has 1 aliphatic rings. The zero-order valence-electron chi connectivity index (χ0n) is 13.2. The number of aromatic nitrogens is 3. The lowest BCUT2D eigenvalue weighted by Gasteiger charge is -2.36. The van der Waals surface area contributed by atoms with Crippen molar-refractivity contribution in [1.82, 2.24) is 15.2 Å². The molecule has 3 aromatic rings. The largest absolute Gasteiger partial charge is 0.353 e. The highest BCUT2D eigenvalue weighted by atomic mass is 15.3. The van der Waals surface area contributed by atoms with Crippen molar-refractivity contribution in [3.63, 3.8) is 0 Å². The van der Waals surface area contributed by atoms with E-state index in [4.69, 9.17) is 0 Å². The van der Waals surface area contributed by atoms with Gasteiger partial charge in [-0.15, -0.1) is 5.10 Å². The third-order valence-corrected chi connectivity index (χ3v) is 4.40. The molecule has 3 heterocycles. The van der Waals surface area contributed by atoms with E-state index in [9.17, 15) is 0 Å². The minimum Gasteiger partial charge on any atom is -0.353 e. The van der Waals surface area contributed by atoms with Crippen LogP contribution < -0.4 is 9.80 Å². The summed E-state index contributed by atoms with van der Waals surface area (Å²) in [6.45, 7) is 5.76. The fourth-order valence-electron chi connectivity index (χ4n) is 3.15. The van der Waals surface area contributed by atoms with E-state index in [0.29, 0.717) is 0 Å². The van der Waals surface area contributed by atoms with E-state index in [-0.39, 0.29) is 0 Å². The molecule has 0 atom stereocenters. The lowest BCUT2D eigenvalue weighted by molar-refractivity contribution is 0.640. The van der Waals surface area contributed by atoms with Crippen molar-refractivity contribution < 1.29 is 0 Å². The van der Waals surface area contributed by atoms with E-state index in [1.165, 1.54) is 10.8 Å². The van der Waals surface area contributed by atoms with Crippen LogP contribution in [0.1, 0.15) is 5.69 Å². The third kappa shape index (κ3) is 2.59. The second-order valence-electron chi connectivity index (χ2n) is 5.82. The fourth-order valence-corrected chi connectivity index (χ4v) is 3.15. The molecule has 116 valence electrons. The highest BCUT2D eigenvalue weighted by Gasteiger charge is 2.21. The standard InChI is InChI=1S/C18H19N5/c1-14-15-6-2-3-7-16(15)18(21-20-14)23-12-10-22(11-13-23)17-8-4-5-9-19-17/h2-9H,10-13H2,1H3. The molecule has 1 fully saturated rings. The van der Waals surface area contributed by atoms with Gasteiger partial charge in [0.1, 0.15) is 5.82 Å². The van der Waals surface area contributed by atoms with Gasteiger partial charge in [0.05, 0.1) is 5.69 Å². The van der Waals surface area contributed by atoms with Gasteiger partial charge in [0.2, 0.25) is 0 Å². The number of fused-ring (bicyclic) bond motifs is 1. The number of anilines is 2. The smallest absolute Gasteiger partial charge is 0.159 e. The van der Waals surface area contributed by atoms with Crippen LogP contribution in [0.5, 0.6) is 0 Å². The summed E-state index contributed by atoms with van der Waals surface area (Å²) in [4.78, 5) is 9.09. The Bertz CT molecular complexity index is 810. The maximum Gasteiger partial charge on any atom is 0.159 e. The van der Waals surface area contributed by atoms with Crippen LogP contribution in [-0.2, 0) is 0 Å². The first-order valence-electron chi connectivity index (χ1n) is 7.96. The van der Waals surface area contributed by atoms with E-state index in [2.05, 4.69) is 55.3 Å². The lowest BCUT2D eigenvalue weighted by Crippen LogP contribution is -2.47. The predicted octanol–water partition coefficient (Wildman–Crippen LogP) is 2.66. The van der Waals surface area contributed by atoms with Gasteiger partial charge in [-0.1, -0.05) is 30.3 Å². The second-order valence-corrected chi connectivity index (χ2v) is 5.82. The lowest BCUT2D eigenvalue weighted by atomic mass is 10.1. The highest BCUT2D eigenvalue weighted by molar-refractivity contribution is 5.93. The van der Waals surface area contributed by atoms with Crippen molar-refractivity contribution in [1.29, 1.82) is 0 Å². The Morgan fingerprint density at radius 2 is 1.48 bits per heavy atom. The molecular formula is C18H19N5. The van der Waals surface area contributed by atoms with Gasteiger partial charge in [0, 0.05) is 43.1 Å². The van der Waals surface area contributed by atoms with Gasteiger partial charge in [0.25, 0.3) is 0 Å². The van der Waals surface area contributed by atoms with Crippen molar-refractivity contribution in [2.75, 3.05) is 36.0 Å². The molecule has 0 radical (unpaired) electrons. The summed E-state index contributed by atoms with van der Waals surface area (Å²) in [5.41, 5.74) is 0.983. The van der Waals surface area contributed by atoms with Crippen molar-refractivity contribution in [3.05, 3.63) is 54.4 Å². The molecule has 1 aliphatic heterocycles. The van der Waals surface area contributed by atoms with E-state index in [0.717, 1.165) is 43.5 Å². The Morgan fingerprint density at radius 3 is 2.22 bits per heavy atom. The monoisotopic (exact) mass is 305 g/mol. The fraction of sp³-hybridized carbons (Fsp3) is 0.278. The van der Waals surface area contributed by atoms with Gasteiger partial charge in [-0.05, 0) is 19.1 Å². The van der Waals surface area contributed by atoms with Gasteiger partial charge in [-0.3, -0.25) is 0 Å². The molecule has 0 aliphatic carbocycles. The number of benzene rings is 1. The Hall–Kier alpha value is -2.69. The molecule has 1 aromatic carbocycles. The van der Waals surface area contributed by atoms with Crippen LogP contribution in [0.2, 0.25) is 0 Å². The maximum atomic E-state index is 4.47. The van der Waals surface area contributed by atoms with Crippen LogP contribution in [0.25, 0.3) is 10.8 Å². The molecule has 2 aromatic heterocycles. The Morgan fingerprint density at radius 1 is 0.783 bits per heavy atom. The summed E-state index contributed by atoms with van der Waals surface area (Å²) in [5.74, 6) is 2.04. The van der Waals surface area contributed by atoms with E-state index in [1.807, 2.05) is 25.3 Å². The van der Waals surface area contributed by atoms with Gasteiger partial charge >= 0.3 is 0 Å². The minimum absolute atomic E-state index is 0.929. The van der Waals surface area contributed by atoms with E-state index < -0.39 is 0 Å². The number of piperazine rings is 1. The van der Waals surface area contributed by atoms with Gasteiger partial charge in [-0.25, -0.2) is 4.98 Å². The average molecular weight is 305 g/mol. The SMILES string of the molecule is Cc1nnc(N2CCN(c3ccccn3)CC2)c2ccccc12. The first-order chi connectivity index (χ1) is 11.3. The molecule has 0 spiro atoms. The topological polar surface area (TPSA) is 45.2 Å². The summed E-state index contributed by atoms with van der Waals surface area (Å²) in [6.07, 6.45) is 1.85. The average Bonchev–Trinajstić information content (AvgIpc) is 2.63. The van der Waals surface area contributed by atoms with Crippen LogP contribution in [-0.4, -0.2) is 41.4 Å². The van der Waals surface area contributed by atoms with Crippen LogP contribution >= 0.6 is 0 Å². The molecule has 0 bridgehead atoms. The van der Waals surface area contributed by atoms with Crippen LogP contribution in [0.3, 0.4) is 0 Å². The summed E-state index contributed by atoms with van der Waals surface area (Å²) in [5, 5.41) is 11.2. The molecule has 23 heavy (non-hydrogen) atoms. The first-order valence-corrected chi connectivity index (χ1v) is 7.96. The predicted molar refractivity (Wildman–Crippen MR) is 92.9 cm³/mol. The normalized spacial score (nSPS) is 15.2. The number of pyridine rings is 1. The number of aryl methyl sites for hydroxylation is 1. The minimum atomic E-state index is 0.929. The zero-order chi connectivity index (χ0) is 15.6. The Balaban J connectivity index is 1.58. The van der Waals surface area contributed by atoms with Gasteiger partial charge in [-0.2, -0.15) is 5.10 Å². The van der Waals surface area contributed by atoms with E-state index in [1.54, 1.807) is 0 Å². The van der Waals surface area contributed by atoms with Crippen molar-refractivity contribution >= 4 is 22.4 Å². The van der Waals surface area contributed by atoms with Gasteiger partial charge in [0.15, 0.2) is 5.82 Å². The molecular weight excluding hydrogens is 286 g/mol. The number of nitrogens with zero attached hydrogens (tertiary/aromatic N) is 5. The number of hydrogen-bond acceptors (Lipinski definition) is 5. The van der Waals surface area contributed by atoms with Crippen LogP contribution in [0, 0.1) is 6.92 Å². The molecule has 1 saturated heterocycles. The van der Waals surface area contributed by atoms with Crippen molar-refractivity contribution in [2.24, 2.45) is 0 Å². The first kappa shape index (κ1) is 13.9. The molecule has 0 unspecified atom stereocenters. The zero-order valence-corrected chi connectivity index (χ0v) is 13.2. The quantitative estimate of drug-likeness (QED) is 0.728. The second kappa shape index (κ2) is 5.83.